The second kappa shape index (κ2) is 7.68. The Kier molecular flexibility index (Phi) is 5.07. The summed E-state index contributed by atoms with van der Waals surface area (Å²) in [5.41, 5.74) is 3.27. The summed E-state index contributed by atoms with van der Waals surface area (Å²) < 4.78 is 0. The van der Waals surface area contributed by atoms with E-state index in [0.717, 1.165) is 27.8 Å². The van der Waals surface area contributed by atoms with Crippen LogP contribution in [0.2, 0.25) is 5.02 Å². The minimum Gasteiger partial charge on any atom is -0.479 e. The SMILES string of the molecule is O=C(Cc1cccnc1)NC1(C(=O)O)Cc2ccc(-c3ccc(Cl)cc3)cc2C1. The Bertz CT molecular complexity index is 1070. The first-order valence-electron chi connectivity index (χ1n) is 9.26. The van der Waals surface area contributed by atoms with Gasteiger partial charge in [0, 0.05) is 30.3 Å². The Hall–Kier alpha value is -3.18. The summed E-state index contributed by atoms with van der Waals surface area (Å²) in [6.07, 6.45) is 3.84. The zero-order valence-corrected chi connectivity index (χ0v) is 16.3. The third-order valence-corrected chi connectivity index (χ3v) is 5.50. The summed E-state index contributed by atoms with van der Waals surface area (Å²) in [5, 5.41) is 13.4. The standard InChI is InChI=1S/C23H19ClN2O3/c24-20-7-5-16(6-8-20)17-3-4-18-12-23(22(28)29,13-19(18)11-17)26-21(27)10-15-2-1-9-25-14-15/h1-9,11,14H,10,12-13H2,(H,26,27)(H,28,29). The van der Waals surface area contributed by atoms with Crippen LogP contribution in [0.25, 0.3) is 11.1 Å². The fourth-order valence-electron chi connectivity index (χ4n) is 3.79. The molecule has 29 heavy (non-hydrogen) atoms. The number of amides is 1. The number of hydrogen-bond donors (Lipinski definition) is 2. The van der Waals surface area contributed by atoms with Crippen LogP contribution in [0.15, 0.2) is 67.0 Å². The minimum atomic E-state index is -1.33. The molecule has 1 aliphatic rings. The molecular weight excluding hydrogens is 388 g/mol. The normalized spacial score (nSPS) is 17.6. The molecule has 2 aromatic carbocycles. The van der Waals surface area contributed by atoms with Crippen LogP contribution in [0.5, 0.6) is 0 Å². The quantitative estimate of drug-likeness (QED) is 0.677. The molecule has 6 heteroatoms. The molecule has 1 aliphatic carbocycles. The van der Waals surface area contributed by atoms with Gasteiger partial charge in [-0.15, -0.1) is 0 Å². The molecule has 1 heterocycles. The Morgan fingerprint density at radius 2 is 1.76 bits per heavy atom. The van der Waals surface area contributed by atoms with Crippen LogP contribution in [0.3, 0.4) is 0 Å². The van der Waals surface area contributed by atoms with E-state index < -0.39 is 11.5 Å². The van der Waals surface area contributed by atoms with Gasteiger partial charge in [0.05, 0.1) is 6.42 Å². The van der Waals surface area contributed by atoms with Gasteiger partial charge in [-0.25, -0.2) is 4.79 Å². The number of carbonyl (C=O) groups is 2. The van der Waals surface area contributed by atoms with Gasteiger partial charge in [-0.3, -0.25) is 9.78 Å². The van der Waals surface area contributed by atoms with Crippen molar-refractivity contribution in [3.8, 4) is 11.1 Å². The first-order chi connectivity index (χ1) is 13.9. The number of rotatable bonds is 5. The van der Waals surface area contributed by atoms with E-state index in [4.69, 9.17) is 11.6 Å². The lowest BCUT2D eigenvalue weighted by Gasteiger charge is -2.25. The maximum atomic E-state index is 12.5. The van der Waals surface area contributed by atoms with E-state index in [1.54, 1.807) is 24.5 Å². The second-order valence-corrected chi connectivity index (χ2v) is 7.75. The highest BCUT2D eigenvalue weighted by Gasteiger charge is 2.45. The minimum absolute atomic E-state index is 0.0925. The smallest absolute Gasteiger partial charge is 0.330 e. The predicted octanol–water partition coefficient (Wildman–Crippen LogP) is 3.68. The van der Waals surface area contributed by atoms with E-state index in [1.165, 1.54) is 0 Å². The number of nitrogens with zero attached hydrogens (tertiary/aromatic N) is 1. The molecule has 1 amide bonds. The number of aliphatic carboxylic acids is 1. The summed E-state index contributed by atoms with van der Waals surface area (Å²) in [6, 6.07) is 17.0. The van der Waals surface area contributed by atoms with E-state index >= 15 is 0 Å². The lowest BCUT2D eigenvalue weighted by Crippen LogP contribution is -2.55. The molecule has 2 N–H and O–H groups in total. The summed E-state index contributed by atoms with van der Waals surface area (Å²) >= 11 is 5.96. The van der Waals surface area contributed by atoms with Crippen LogP contribution >= 0.6 is 11.6 Å². The highest BCUT2D eigenvalue weighted by Crippen LogP contribution is 2.34. The van der Waals surface area contributed by atoms with Crippen molar-refractivity contribution in [2.75, 3.05) is 0 Å². The fourth-order valence-corrected chi connectivity index (χ4v) is 3.92. The number of pyridine rings is 1. The largest absolute Gasteiger partial charge is 0.479 e. The maximum Gasteiger partial charge on any atom is 0.330 e. The zero-order valence-electron chi connectivity index (χ0n) is 15.6. The highest BCUT2D eigenvalue weighted by atomic mass is 35.5. The number of carboxylic acid groups (broad SMARTS) is 1. The van der Waals surface area contributed by atoms with Gasteiger partial charge >= 0.3 is 5.97 Å². The Morgan fingerprint density at radius 3 is 2.45 bits per heavy atom. The van der Waals surface area contributed by atoms with E-state index in [9.17, 15) is 14.7 Å². The van der Waals surface area contributed by atoms with Gasteiger partial charge in [0.1, 0.15) is 5.54 Å². The molecule has 4 rings (SSSR count). The van der Waals surface area contributed by atoms with E-state index in [1.807, 2.05) is 42.5 Å². The molecule has 0 bridgehead atoms. The number of hydrogen-bond acceptors (Lipinski definition) is 3. The maximum absolute atomic E-state index is 12.5. The highest BCUT2D eigenvalue weighted by molar-refractivity contribution is 6.30. The van der Waals surface area contributed by atoms with Crippen LogP contribution < -0.4 is 5.32 Å². The first-order valence-corrected chi connectivity index (χ1v) is 9.64. The summed E-state index contributed by atoms with van der Waals surface area (Å²) in [5.74, 6) is -1.35. The number of carboxylic acids is 1. The first kappa shape index (κ1) is 19.2. The van der Waals surface area contributed by atoms with Gasteiger partial charge in [0.25, 0.3) is 0 Å². The number of carbonyl (C=O) groups excluding carboxylic acids is 1. The van der Waals surface area contributed by atoms with Crippen molar-refractivity contribution >= 4 is 23.5 Å². The fraction of sp³-hybridized carbons (Fsp3) is 0.174. The lowest BCUT2D eigenvalue weighted by atomic mass is 9.95. The molecule has 5 nitrogen and oxygen atoms in total. The molecule has 1 unspecified atom stereocenters. The third kappa shape index (κ3) is 4.00. The topological polar surface area (TPSA) is 79.3 Å². The van der Waals surface area contributed by atoms with Gasteiger partial charge < -0.3 is 10.4 Å². The van der Waals surface area contributed by atoms with E-state index in [0.29, 0.717) is 5.02 Å². The van der Waals surface area contributed by atoms with Gasteiger partial charge in [-0.05, 0) is 46.0 Å². The summed E-state index contributed by atoms with van der Waals surface area (Å²) in [4.78, 5) is 28.7. The molecule has 0 spiro atoms. The van der Waals surface area contributed by atoms with Crippen LogP contribution in [0.4, 0.5) is 0 Å². The third-order valence-electron chi connectivity index (χ3n) is 5.24. The molecule has 0 saturated carbocycles. The van der Waals surface area contributed by atoms with E-state index in [-0.39, 0.29) is 25.2 Å². The molecule has 1 aromatic heterocycles. The Balaban J connectivity index is 1.56. The van der Waals surface area contributed by atoms with Crippen molar-refractivity contribution in [2.45, 2.75) is 24.8 Å². The molecule has 1 atom stereocenters. The molecule has 0 saturated heterocycles. The van der Waals surface area contributed by atoms with Crippen molar-refractivity contribution in [3.05, 3.63) is 88.7 Å². The van der Waals surface area contributed by atoms with Crippen molar-refractivity contribution < 1.29 is 14.7 Å². The van der Waals surface area contributed by atoms with Gasteiger partial charge in [-0.2, -0.15) is 0 Å². The summed E-state index contributed by atoms with van der Waals surface area (Å²) in [6.45, 7) is 0. The van der Waals surface area contributed by atoms with Gasteiger partial charge in [0.2, 0.25) is 5.91 Å². The lowest BCUT2D eigenvalue weighted by molar-refractivity contribution is -0.147. The number of fused-ring (bicyclic) bond motifs is 1. The van der Waals surface area contributed by atoms with Crippen LogP contribution in [0.1, 0.15) is 16.7 Å². The van der Waals surface area contributed by atoms with Crippen LogP contribution in [-0.4, -0.2) is 27.5 Å². The second-order valence-electron chi connectivity index (χ2n) is 7.32. The zero-order chi connectivity index (χ0) is 20.4. The van der Waals surface area contributed by atoms with Crippen LogP contribution in [0, 0.1) is 0 Å². The van der Waals surface area contributed by atoms with Crippen molar-refractivity contribution in [2.24, 2.45) is 0 Å². The molecule has 0 radical (unpaired) electrons. The number of halogens is 1. The average Bonchev–Trinajstić information content (AvgIpc) is 3.07. The van der Waals surface area contributed by atoms with Gasteiger partial charge in [0.15, 0.2) is 0 Å². The Morgan fingerprint density at radius 1 is 1.03 bits per heavy atom. The van der Waals surface area contributed by atoms with Crippen molar-refractivity contribution in [1.29, 1.82) is 0 Å². The van der Waals surface area contributed by atoms with Crippen LogP contribution in [-0.2, 0) is 28.9 Å². The van der Waals surface area contributed by atoms with E-state index in [2.05, 4.69) is 10.3 Å². The van der Waals surface area contributed by atoms with Crippen molar-refractivity contribution in [1.82, 2.24) is 10.3 Å². The average molecular weight is 407 g/mol. The van der Waals surface area contributed by atoms with Crippen molar-refractivity contribution in [3.63, 3.8) is 0 Å². The number of benzene rings is 2. The number of nitrogens with one attached hydrogen (secondary N) is 1. The molecule has 0 aliphatic heterocycles. The predicted molar refractivity (Wildman–Crippen MR) is 111 cm³/mol. The molecule has 146 valence electrons. The number of aromatic nitrogens is 1. The monoisotopic (exact) mass is 406 g/mol. The molecule has 3 aromatic rings. The molecule has 0 fully saturated rings. The molecular formula is C23H19ClN2O3. The Labute approximate surface area is 173 Å². The summed E-state index contributed by atoms with van der Waals surface area (Å²) in [7, 11) is 0. The van der Waals surface area contributed by atoms with Gasteiger partial charge in [-0.1, -0.05) is 48.0 Å².